The summed E-state index contributed by atoms with van der Waals surface area (Å²) in [6, 6.07) is 0. The average Bonchev–Trinajstić information content (AvgIpc) is 2.54. The zero-order chi connectivity index (χ0) is 18.4. The highest BCUT2D eigenvalue weighted by atomic mass is 28.4. The van der Waals surface area contributed by atoms with E-state index in [2.05, 4.69) is 10.7 Å². The highest BCUT2D eigenvalue weighted by Crippen LogP contribution is 2.44. The summed E-state index contributed by atoms with van der Waals surface area (Å²) in [5, 5.41) is 0.0527. The first-order valence-corrected chi connectivity index (χ1v) is 10.8. The third-order valence-electron chi connectivity index (χ3n) is 5.14. The second kappa shape index (κ2) is 8.62. The Labute approximate surface area is 146 Å². The smallest absolute Gasteiger partial charge is 0.413 e. The van der Waals surface area contributed by atoms with Crippen LogP contribution in [0.25, 0.3) is 5.53 Å². The molecule has 24 heavy (non-hydrogen) atoms. The van der Waals surface area contributed by atoms with Gasteiger partial charge in [0.05, 0.1) is 12.7 Å². The SMILES string of the molecule is C#CCC1(O[Si](C(=[N+]=[N-])C(=O)OC)(C(C)C)C(C)C)CCCCC1. The predicted octanol–water partition coefficient (Wildman–Crippen LogP) is 3.88. The van der Waals surface area contributed by atoms with Gasteiger partial charge in [0.25, 0.3) is 0 Å². The Hall–Kier alpha value is -1.41. The van der Waals surface area contributed by atoms with Crippen molar-refractivity contribution in [2.45, 2.75) is 82.9 Å². The zero-order valence-corrected chi connectivity index (χ0v) is 16.6. The Kier molecular flexibility index (Phi) is 7.41. The molecule has 0 unspecified atom stereocenters. The highest BCUT2D eigenvalue weighted by molar-refractivity contribution is 7.11. The molecule has 0 radical (unpaired) electrons. The number of rotatable bonds is 7. The molecule has 0 atom stereocenters. The van der Waals surface area contributed by atoms with Gasteiger partial charge in [-0.25, -0.2) is 4.79 Å². The van der Waals surface area contributed by atoms with E-state index >= 15 is 0 Å². The molecular weight excluding hydrogens is 320 g/mol. The van der Waals surface area contributed by atoms with Crippen molar-refractivity contribution in [2.75, 3.05) is 7.11 Å². The number of hydrogen-bond acceptors (Lipinski definition) is 3. The van der Waals surface area contributed by atoms with Gasteiger partial charge in [-0.1, -0.05) is 47.0 Å². The fraction of sp³-hybridized carbons (Fsp3) is 0.778. The molecule has 134 valence electrons. The van der Waals surface area contributed by atoms with E-state index in [1.165, 1.54) is 13.5 Å². The molecule has 0 heterocycles. The van der Waals surface area contributed by atoms with Gasteiger partial charge in [0.15, 0.2) is 0 Å². The Morgan fingerprint density at radius 1 is 1.25 bits per heavy atom. The van der Waals surface area contributed by atoms with E-state index in [1.54, 1.807) is 0 Å². The van der Waals surface area contributed by atoms with Gasteiger partial charge < -0.3 is 14.7 Å². The Balaban J connectivity index is 3.44. The van der Waals surface area contributed by atoms with E-state index in [9.17, 15) is 10.3 Å². The molecule has 1 aliphatic rings. The maximum atomic E-state index is 12.3. The van der Waals surface area contributed by atoms with Gasteiger partial charge in [-0.3, -0.25) is 0 Å². The lowest BCUT2D eigenvalue weighted by Crippen LogP contribution is -2.61. The molecule has 5 nitrogen and oxygen atoms in total. The maximum Gasteiger partial charge on any atom is 0.413 e. The van der Waals surface area contributed by atoms with E-state index in [-0.39, 0.29) is 16.4 Å². The second-order valence-electron chi connectivity index (χ2n) is 7.27. The first-order valence-electron chi connectivity index (χ1n) is 8.74. The highest BCUT2D eigenvalue weighted by Gasteiger charge is 2.61. The summed E-state index contributed by atoms with van der Waals surface area (Å²) in [5.74, 6) is 2.14. The van der Waals surface area contributed by atoms with Crippen LogP contribution in [0.4, 0.5) is 0 Å². The molecule has 0 aromatic carbocycles. The van der Waals surface area contributed by atoms with Gasteiger partial charge in [-0.2, -0.15) is 4.79 Å². The van der Waals surface area contributed by atoms with Crippen LogP contribution in [0, 0.1) is 12.3 Å². The van der Waals surface area contributed by atoms with E-state index in [0.717, 1.165) is 25.7 Å². The van der Waals surface area contributed by atoms with Crippen LogP contribution in [0.5, 0.6) is 0 Å². The summed E-state index contributed by atoms with van der Waals surface area (Å²) >= 11 is 0. The molecule has 1 fully saturated rings. The van der Waals surface area contributed by atoms with Crippen LogP contribution in [0.3, 0.4) is 0 Å². The average molecular weight is 351 g/mol. The molecule has 1 rings (SSSR count). The van der Waals surface area contributed by atoms with Gasteiger partial charge in [-0.15, -0.1) is 12.3 Å². The summed E-state index contributed by atoms with van der Waals surface area (Å²) in [7, 11) is -1.63. The maximum absolute atomic E-state index is 12.3. The quantitative estimate of drug-likeness (QED) is 0.175. The van der Waals surface area contributed by atoms with Crippen LogP contribution in [-0.4, -0.2) is 37.1 Å². The van der Waals surface area contributed by atoms with E-state index in [4.69, 9.17) is 15.6 Å². The number of terminal acetylenes is 1. The van der Waals surface area contributed by atoms with Gasteiger partial charge >= 0.3 is 19.6 Å². The molecule has 0 N–H and O–H groups in total. The van der Waals surface area contributed by atoms with Gasteiger partial charge in [0, 0.05) is 6.42 Å². The number of nitrogens with zero attached hydrogens (tertiary/aromatic N) is 2. The standard InChI is InChI=1S/C18H30N2O3Si/c1-7-11-18(12-9-8-10-13-18)23-24(14(2)3,15(4)5)16(20-19)17(21)22-6/h1,14-15H,8-13H2,2-6H3. The molecule has 0 aromatic heterocycles. The fourth-order valence-corrected chi connectivity index (χ4v) is 8.49. The fourth-order valence-electron chi connectivity index (χ4n) is 3.93. The van der Waals surface area contributed by atoms with Crippen LogP contribution in [0.2, 0.25) is 11.1 Å². The number of carbonyl (C=O) groups excluding carboxylic acids is 1. The van der Waals surface area contributed by atoms with Gasteiger partial charge in [-0.05, 0) is 23.9 Å². The largest absolute Gasteiger partial charge is 0.461 e. The van der Waals surface area contributed by atoms with Crippen LogP contribution in [-0.2, 0) is 14.0 Å². The Morgan fingerprint density at radius 3 is 2.17 bits per heavy atom. The molecule has 1 aliphatic carbocycles. The van der Waals surface area contributed by atoms with Crippen molar-refractivity contribution >= 4 is 19.6 Å². The minimum Gasteiger partial charge on any atom is -0.461 e. The lowest BCUT2D eigenvalue weighted by Gasteiger charge is -2.45. The molecule has 0 bridgehead atoms. The van der Waals surface area contributed by atoms with E-state index < -0.39 is 19.9 Å². The van der Waals surface area contributed by atoms with Crippen molar-refractivity contribution in [1.29, 1.82) is 0 Å². The van der Waals surface area contributed by atoms with Crippen molar-refractivity contribution < 1.29 is 18.7 Å². The van der Waals surface area contributed by atoms with Crippen molar-refractivity contribution in [2.24, 2.45) is 0 Å². The minimum atomic E-state index is -2.93. The number of methoxy groups -OCH3 is 1. The first kappa shape index (κ1) is 20.6. The summed E-state index contributed by atoms with van der Waals surface area (Å²) < 4.78 is 11.7. The Bertz CT molecular complexity index is 531. The van der Waals surface area contributed by atoms with Crippen molar-refractivity contribution in [3.8, 4) is 12.3 Å². The van der Waals surface area contributed by atoms with E-state index in [1.807, 2.05) is 27.7 Å². The molecule has 0 spiro atoms. The molecule has 6 heteroatoms. The summed E-state index contributed by atoms with van der Waals surface area (Å²) in [6.45, 7) is 8.08. The van der Waals surface area contributed by atoms with Crippen LogP contribution < -0.4 is 0 Å². The van der Waals surface area contributed by atoms with Crippen molar-refractivity contribution in [3.63, 3.8) is 0 Å². The monoisotopic (exact) mass is 350 g/mol. The zero-order valence-electron chi connectivity index (χ0n) is 15.6. The lowest BCUT2D eigenvalue weighted by molar-refractivity contribution is -0.137. The summed E-state index contributed by atoms with van der Waals surface area (Å²) in [4.78, 5) is 15.7. The van der Waals surface area contributed by atoms with Gasteiger partial charge in [0.2, 0.25) is 0 Å². The predicted molar refractivity (Wildman–Crippen MR) is 96.9 cm³/mol. The number of ether oxygens (including phenoxy) is 1. The second-order valence-corrected chi connectivity index (χ2v) is 11.8. The molecule has 0 amide bonds. The minimum absolute atomic E-state index is 0.0408. The number of esters is 1. The molecular formula is C18H30N2O3Si. The third-order valence-corrected chi connectivity index (χ3v) is 10.4. The van der Waals surface area contributed by atoms with Crippen LogP contribution in [0.1, 0.15) is 66.2 Å². The third kappa shape index (κ3) is 3.97. The van der Waals surface area contributed by atoms with Gasteiger partial charge in [0.1, 0.15) is 0 Å². The van der Waals surface area contributed by atoms with Crippen LogP contribution >= 0.6 is 0 Å². The topological polar surface area (TPSA) is 71.9 Å². The molecule has 0 aliphatic heterocycles. The number of carbonyl (C=O) groups is 1. The van der Waals surface area contributed by atoms with Crippen molar-refractivity contribution in [3.05, 3.63) is 5.53 Å². The summed E-state index contributed by atoms with van der Waals surface area (Å²) in [6.07, 6.45) is 11.2. The molecule has 1 saturated carbocycles. The lowest BCUT2D eigenvalue weighted by atomic mass is 9.83. The number of hydrogen-bond donors (Lipinski definition) is 0. The first-order chi connectivity index (χ1) is 11.3. The Morgan fingerprint density at radius 2 is 1.79 bits per heavy atom. The van der Waals surface area contributed by atoms with Crippen molar-refractivity contribution in [1.82, 2.24) is 0 Å². The molecule has 0 aromatic rings. The normalized spacial score (nSPS) is 17.2. The summed E-state index contributed by atoms with van der Waals surface area (Å²) in [5.41, 5.74) is 9.25. The molecule has 0 saturated heterocycles. The van der Waals surface area contributed by atoms with Crippen LogP contribution in [0.15, 0.2) is 0 Å². The van der Waals surface area contributed by atoms with E-state index in [0.29, 0.717) is 6.42 Å².